The van der Waals surface area contributed by atoms with E-state index in [2.05, 4.69) is 36.4 Å². The van der Waals surface area contributed by atoms with E-state index >= 15 is 0 Å². The maximum atomic E-state index is 11.9. The van der Waals surface area contributed by atoms with Crippen LogP contribution < -0.4 is 15.8 Å². The molecule has 158 valence electrons. The van der Waals surface area contributed by atoms with Crippen molar-refractivity contribution < 1.29 is 0 Å². The highest BCUT2D eigenvalue weighted by Gasteiger charge is 2.21. The number of guanidine groups is 1. The number of pyridine rings is 1. The average molecular weight is 418 g/mol. The lowest BCUT2D eigenvalue weighted by Crippen LogP contribution is -2.52. The fourth-order valence-corrected chi connectivity index (χ4v) is 4.26. The number of nitrogens with one attached hydrogen (secondary N) is 1. The van der Waals surface area contributed by atoms with Crippen molar-refractivity contribution >= 4 is 22.6 Å². The van der Waals surface area contributed by atoms with Gasteiger partial charge in [0, 0.05) is 76.0 Å². The van der Waals surface area contributed by atoms with Gasteiger partial charge < -0.3 is 19.7 Å². The van der Waals surface area contributed by atoms with Crippen LogP contribution in [-0.4, -0.2) is 64.6 Å². The molecule has 1 fully saturated rings. The fourth-order valence-electron chi connectivity index (χ4n) is 3.46. The van der Waals surface area contributed by atoms with E-state index in [1.54, 1.807) is 6.07 Å². The third kappa shape index (κ3) is 5.56. The minimum atomic E-state index is 0.0770. The van der Waals surface area contributed by atoms with Crippen LogP contribution in [0.3, 0.4) is 0 Å². The zero-order valence-corrected chi connectivity index (χ0v) is 18.4. The number of hydrogen-bond donors (Lipinski definition) is 1. The van der Waals surface area contributed by atoms with Crippen LogP contribution in [0.1, 0.15) is 31.3 Å². The Labute approximate surface area is 176 Å². The van der Waals surface area contributed by atoms with Crippen LogP contribution in [0.15, 0.2) is 28.0 Å². The second-order valence-corrected chi connectivity index (χ2v) is 7.89. The molecule has 9 heteroatoms. The summed E-state index contributed by atoms with van der Waals surface area (Å²) in [5.74, 6) is 1.88. The quantitative estimate of drug-likeness (QED) is 0.420. The van der Waals surface area contributed by atoms with Gasteiger partial charge in [-0.15, -0.1) is 0 Å². The van der Waals surface area contributed by atoms with Crippen molar-refractivity contribution in [3.63, 3.8) is 0 Å². The first kappa shape index (κ1) is 21.3. The molecule has 0 amide bonds. The lowest BCUT2D eigenvalue weighted by atomic mass is 10.2. The molecule has 0 bridgehead atoms. The van der Waals surface area contributed by atoms with Gasteiger partial charge in [0.2, 0.25) is 5.13 Å². The number of rotatable bonds is 7. The van der Waals surface area contributed by atoms with Gasteiger partial charge in [0.05, 0.1) is 0 Å². The van der Waals surface area contributed by atoms with Crippen LogP contribution in [0.5, 0.6) is 0 Å². The number of unbranched alkanes of at least 4 members (excludes halogenated alkanes) is 1. The van der Waals surface area contributed by atoms with Gasteiger partial charge in [0.1, 0.15) is 5.82 Å². The Bertz CT molecular complexity index is 868. The summed E-state index contributed by atoms with van der Waals surface area (Å²) >= 11 is 1.49. The topological polar surface area (TPSA) is 78.7 Å². The van der Waals surface area contributed by atoms with Crippen LogP contribution in [0.4, 0.5) is 5.13 Å². The number of anilines is 1. The van der Waals surface area contributed by atoms with Crippen LogP contribution in [0.2, 0.25) is 0 Å². The predicted molar refractivity (Wildman–Crippen MR) is 119 cm³/mol. The summed E-state index contributed by atoms with van der Waals surface area (Å²) in [6, 6.07) is 5.41. The van der Waals surface area contributed by atoms with E-state index < -0.39 is 0 Å². The van der Waals surface area contributed by atoms with Crippen molar-refractivity contribution in [1.29, 1.82) is 0 Å². The maximum Gasteiger partial charge on any atom is 0.250 e. The summed E-state index contributed by atoms with van der Waals surface area (Å²) < 4.78 is 6.23. The molecule has 0 aromatic carbocycles. The summed E-state index contributed by atoms with van der Waals surface area (Å²) in [5.41, 5.74) is 1.09. The minimum Gasteiger partial charge on any atom is -0.356 e. The molecular formula is C20H31N7OS. The molecule has 3 heterocycles. The minimum absolute atomic E-state index is 0.0770. The molecule has 2 aromatic rings. The summed E-state index contributed by atoms with van der Waals surface area (Å²) in [7, 11) is 1.83. The molecular weight excluding hydrogens is 386 g/mol. The summed E-state index contributed by atoms with van der Waals surface area (Å²) in [4.78, 5) is 25.6. The third-order valence-electron chi connectivity index (χ3n) is 5.19. The summed E-state index contributed by atoms with van der Waals surface area (Å²) in [5, 5.41) is 4.49. The smallest absolute Gasteiger partial charge is 0.250 e. The van der Waals surface area contributed by atoms with E-state index in [4.69, 9.17) is 0 Å². The first-order valence-electron chi connectivity index (χ1n) is 10.3. The molecule has 1 aliphatic heterocycles. The normalized spacial score (nSPS) is 15.1. The van der Waals surface area contributed by atoms with E-state index in [1.165, 1.54) is 11.5 Å². The van der Waals surface area contributed by atoms with Gasteiger partial charge in [0.15, 0.2) is 5.96 Å². The Balaban J connectivity index is 1.40. The lowest BCUT2D eigenvalue weighted by molar-refractivity contribution is 0.371. The number of aryl methyl sites for hydroxylation is 2. The molecule has 2 aromatic heterocycles. The Hall–Kier alpha value is -2.42. The van der Waals surface area contributed by atoms with E-state index in [1.807, 2.05) is 30.7 Å². The van der Waals surface area contributed by atoms with Gasteiger partial charge in [-0.05, 0) is 25.8 Å². The van der Waals surface area contributed by atoms with Crippen molar-refractivity contribution in [2.75, 3.05) is 44.7 Å². The second-order valence-electron chi connectivity index (χ2n) is 7.16. The number of aromatic nitrogens is 3. The van der Waals surface area contributed by atoms with Crippen molar-refractivity contribution in [2.45, 2.75) is 39.7 Å². The van der Waals surface area contributed by atoms with Crippen molar-refractivity contribution in [2.24, 2.45) is 4.99 Å². The van der Waals surface area contributed by atoms with Crippen LogP contribution in [-0.2, 0) is 13.0 Å². The average Bonchev–Trinajstić information content (AvgIpc) is 3.22. The van der Waals surface area contributed by atoms with Gasteiger partial charge >= 0.3 is 0 Å². The lowest BCUT2D eigenvalue weighted by Gasteiger charge is -2.36. The number of aliphatic imine (C=N–C) groups is 1. The van der Waals surface area contributed by atoms with Gasteiger partial charge in [0.25, 0.3) is 5.56 Å². The molecule has 0 atom stereocenters. The van der Waals surface area contributed by atoms with Crippen molar-refractivity contribution in [1.82, 2.24) is 24.1 Å². The van der Waals surface area contributed by atoms with E-state index in [0.717, 1.165) is 81.1 Å². The molecule has 0 radical (unpaired) electrons. The number of nitrogens with zero attached hydrogens (tertiary/aromatic N) is 6. The van der Waals surface area contributed by atoms with Gasteiger partial charge in [-0.1, -0.05) is 13.0 Å². The first-order valence-corrected chi connectivity index (χ1v) is 11.1. The Morgan fingerprint density at radius 3 is 2.69 bits per heavy atom. The molecule has 0 saturated carbocycles. The summed E-state index contributed by atoms with van der Waals surface area (Å²) in [6.07, 6.45) is 2.83. The van der Waals surface area contributed by atoms with Crippen LogP contribution in [0, 0.1) is 6.92 Å². The molecule has 3 rings (SSSR count). The van der Waals surface area contributed by atoms with Crippen molar-refractivity contribution in [3.05, 3.63) is 40.1 Å². The zero-order valence-electron chi connectivity index (χ0n) is 17.6. The molecule has 1 N–H and O–H groups in total. The highest BCUT2D eigenvalue weighted by atomic mass is 32.1. The molecule has 29 heavy (non-hydrogen) atoms. The SMILES string of the molecule is CCc1nsc(N2CCN(C(=NC)NCCCCn3c(C)cccc3=O)CC2)n1. The second kappa shape index (κ2) is 10.4. The van der Waals surface area contributed by atoms with E-state index in [-0.39, 0.29) is 5.56 Å². The van der Waals surface area contributed by atoms with Crippen molar-refractivity contribution in [3.8, 4) is 0 Å². The molecule has 1 aliphatic rings. The number of piperazine rings is 1. The fraction of sp³-hybridized carbons (Fsp3) is 0.600. The predicted octanol–water partition coefficient (Wildman–Crippen LogP) is 1.75. The highest BCUT2D eigenvalue weighted by Crippen LogP contribution is 2.19. The van der Waals surface area contributed by atoms with Crippen LogP contribution in [0.25, 0.3) is 0 Å². The Kier molecular flexibility index (Phi) is 7.62. The highest BCUT2D eigenvalue weighted by molar-refractivity contribution is 7.09. The van der Waals surface area contributed by atoms with E-state index in [0.29, 0.717) is 0 Å². The standard InChI is InChI=1S/C20H31N7OS/c1-4-17-23-20(29-24-17)26-14-12-25(13-15-26)19(21-3)22-10-5-6-11-27-16(2)8-7-9-18(27)28/h7-9H,4-6,10-15H2,1-3H3,(H,21,22). The molecule has 0 aliphatic carbocycles. The number of hydrogen-bond acceptors (Lipinski definition) is 6. The monoisotopic (exact) mass is 417 g/mol. The van der Waals surface area contributed by atoms with Crippen LogP contribution >= 0.6 is 11.5 Å². The molecule has 1 saturated heterocycles. The third-order valence-corrected chi connectivity index (χ3v) is 6.01. The molecule has 0 spiro atoms. The van der Waals surface area contributed by atoms with Gasteiger partial charge in [-0.3, -0.25) is 9.79 Å². The molecule has 0 unspecified atom stereocenters. The zero-order chi connectivity index (χ0) is 20.6. The van der Waals surface area contributed by atoms with Gasteiger partial charge in [-0.25, -0.2) is 4.98 Å². The summed E-state index contributed by atoms with van der Waals surface area (Å²) in [6.45, 7) is 9.35. The first-order chi connectivity index (χ1) is 14.1. The maximum absolute atomic E-state index is 11.9. The molecule has 8 nitrogen and oxygen atoms in total. The Morgan fingerprint density at radius 2 is 2.03 bits per heavy atom. The van der Waals surface area contributed by atoms with Gasteiger partial charge in [-0.2, -0.15) is 4.37 Å². The Morgan fingerprint density at radius 1 is 1.24 bits per heavy atom. The largest absolute Gasteiger partial charge is 0.356 e. The van der Waals surface area contributed by atoms with E-state index in [9.17, 15) is 4.79 Å².